The van der Waals surface area contributed by atoms with Crippen LogP contribution in [0, 0.1) is 0 Å². The Kier molecular flexibility index (Phi) is 10.7. The fraction of sp³-hybridized carbons (Fsp3) is 0.714. The molecule has 10 atom stereocenters. The van der Waals surface area contributed by atoms with Crippen LogP contribution in [0.25, 0.3) is 0 Å². The summed E-state index contributed by atoms with van der Waals surface area (Å²) in [6.45, 7) is 20.3. The largest absolute Gasteiger partial charge is 0.391 e. The lowest BCUT2D eigenvalue weighted by Crippen LogP contribution is -2.68. The number of fused-ring (bicyclic) bond motifs is 4. The standard InChI is InChI=1S/C42H62O8Si/c1-39(2,3)51(40(4,5)6)45-28-36-35(49-51)24-34-33(47-36)23-32-31(46-34)19-20-41(7)38(48-32)25-37(44-27-30-17-13-10-14-18-30)42(8,50-41)21-22-43-26-29-15-11-9-12-16-29/h9-18,31-38H,19-28H2,1-8H3/t31-,32+,33-,34+,35-,36+,37+,38-,41+,42-/m0/s1. The van der Waals surface area contributed by atoms with E-state index in [0.717, 1.165) is 44.1 Å². The number of ether oxygens (including phenoxy) is 6. The first kappa shape index (κ1) is 37.6. The Morgan fingerprint density at radius 3 is 1.94 bits per heavy atom. The number of rotatable bonds is 8. The molecule has 7 rings (SSSR count). The average molecular weight is 723 g/mol. The normalized spacial score (nSPS) is 38.0. The lowest BCUT2D eigenvalue weighted by Gasteiger charge is -2.57. The first-order chi connectivity index (χ1) is 24.2. The lowest BCUT2D eigenvalue weighted by atomic mass is 9.79. The molecular weight excluding hydrogens is 661 g/mol. The second kappa shape index (κ2) is 14.5. The van der Waals surface area contributed by atoms with Gasteiger partial charge in [-0.15, -0.1) is 0 Å². The molecule has 9 heteroatoms. The topological polar surface area (TPSA) is 73.8 Å². The van der Waals surface area contributed by atoms with Gasteiger partial charge in [0.05, 0.1) is 73.8 Å². The number of hydrogen-bond acceptors (Lipinski definition) is 8. The van der Waals surface area contributed by atoms with Crippen molar-refractivity contribution in [3.63, 3.8) is 0 Å². The van der Waals surface area contributed by atoms with Crippen LogP contribution in [0.2, 0.25) is 10.1 Å². The molecule has 0 unspecified atom stereocenters. The monoisotopic (exact) mass is 722 g/mol. The molecule has 5 aliphatic rings. The van der Waals surface area contributed by atoms with E-state index in [0.29, 0.717) is 26.4 Å². The molecule has 5 saturated heterocycles. The molecule has 0 bridgehead atoms. The molecule has 0 radical (unpaired) electrons. The van der Waals surface area contributed by atoms with Gasteiger partial charge in [0, 0.05) is 42.4 Å². The first-order valence-electron chi connectivity index (χ1n) is 19.4. The van der Waals surface area contributed by atoms with Gasteiger partial charge in [-0.1, -0.05) is 102 Å². The SMILES string of the molecule is CC(C)(C)[Si]1(C(C)(C)C)OC[C@H]2O[C@H]3C[C@H]4O[C@H]5C[C@@H](OCc6ccccc6)[C@](C)(CCOCc6ccccc6)O[C@]5(C)CC[C@@H]4O[C@@H]3C[C@@H]2O1. The molecule has 2 aromatic carbocycles. The van der Waals surface area contributed by atoms with Crippen LogP contribution in [0.5, 0.6) is 0 Å². The highest BCUT2D eigenvalue weighted by Crippen LogP contribution is 2.56. The summed E-state index contributed by atoms with van der Waals surface area (Å²) in [5.74, 6) is 0. The number of hydrogen-bond donors (Lipinski definition) is 0. The second-order valence-electron chi connectivity index (χ2n) is 18.2. The van der Waals surface area contributed by atoms with E-state index in [2.05, 4.69) is 104 Å². The van der Waals surface area contributed by atoms with E-state index in [9.17, 15) is 0 Å². The summed E-state index contributed by atoms with van der Waals surface area (Å²) in [5, 5.41) is -0.144. The molecule has 51 heavy (non-hydrogen) atoms. The molecule has 5 fully saturated rings. The first-order valence-corrected chi connectivity index (χ1v) is 21.3. The van der Waals surface area contributed by atoms with Gasteiger partial charge in [0.1, 0.15) is 6.10 Å². The molecule has 5 heterocycles. The summed E-state index contributed by atoms with van der Waals surface area (Å²) in [4.78, 5) is 0. The molecule has 8 nitrogen and oxygen atoms in total. The quantitative estimate of drug-likeness (QED) is 0.199. The van der Waals surface area contributed by atoms with Gasteiger partial charge in [0.2, 0.25) is 0 Å². The Hall–Kier alpha value is -1.66. The smallest absolute Gasteiger partial charge is 0.349 e. The van der Waals surface area contributed by atoms with Gasteiger partial charge < -0.3 is 37.3 Å². The van der Waals surface area contributed by atoms with Crippen LogP contribution in [0.3, 0.4) is 0 Å². The fourth-order valence-corrected chi connectivity index (χ4v) is 14.6. The Balaban J connectivity index is 1.04. The minimum atomic E-state index is -2.60. The van der Waals surface area contributed by atoms with Crippen molar-refractivity contribution in [3.8, 4) is 0 Å². The Bertz CT molecular complexity index is 1430. The van der Waals surface area contributed by atoms with Crippen LogP contribution in [-0.4, -0.2) is 81.8 Å². The van der Waals surface area contributed by atoms with Crippen molar-refractivity contribution in [1.29, 1.82) is 0 Å². The summed E-state index contributed by atoms with van der Waals surface area (Å²) in [6.07, 6.45) is 4.24. The van der Waals surface area contributed by atoms with Gasteiger partial charge in [-0.25, -0.2) is 0 Å². The molecule has 0 spiro atoms. The lowest BCUT2D eigenvalue weighted by molar-refractivity contribution is -0.300. The molecule has 0 aromatic heterocycles. The van der Waals surface area contributed by atoms with Gasteiger partial charge in [0.25, 0.3) is 0 Å². The molecule has 282 valence electrons. The zero-order chi connectivity index (χ0) is 36.1. The van der Waals surface area contributed by atoms with Crippen LogP contribution < -0.4 is 0 Å². The maximum absolute atomic E-state index is 7.24. The summed E-state index contributed by atoms with van der Waals surface area (Å²) in [7, 11) is -2.60. The maximum Gasteiger partial charge on any atom is 0.349 e. The van der Waals surface area contributed by atoms with Gasteiger partial charge in [-0.05, 0) is 37.8 Å². The molecule has 2 aromatic rings. The van der Waals surface area contributed by atoms with E-state index < -0.39 is 19.8 Å². The average Bonchev–Trinajstić information content (AvgIpc) is 3.21. The molecule has 0 aliphatic carbocycles. The van der Waals surface area contributed by atoms with E-state index in [-0.39, 0.29) is 58.9 Å². The van der Waals surface area contributed by atoms with Crippen molar-refractivity contribution < 1.29 is 37.3 Å². The highest BCUT2D eigenvalue weighted by molar-refractivity contribution is 6.73. The van der Waals surface area contributed by atoms with Gasteiger partial charge in [-0.2, -0.15) is 0 Å². The van der Waals surface area contributed by atoms with Crippen molar-refractivity contribution in [2.24, 2.45) is 0 Å². The zero-order valence-electron chi connectivity index (χ0n) is 32.2. The Labute approximate surface area is 307 Å². The second-order valence-corrected chi connectivity index (χ2v) is 23.0. The maximum atomic E-state index is 7.24. The van der Waals surface area contributed by atoms with Crippen molar-refractivity contribution in [3.05, 3.63) is 71.8 Å². The molecule has 0 saturated carbocycles. The fourth-order valence-electron chi connectivity index (χ4n) is 9.68. The minimum Gasteiger partial charge on any atom is -0.391 e. The summed E-state index contributed by atoms with van der Waals surface area (Å²) >= 11 is 0. The van der Waals surface area contributed by atoms with Crippen LogP contribution in [0.15, 0.2) is 60.7 Å². The van der Waals surface area contributed by atoms with E-state index in [4.69, 9.17) is 37.3 Å². The highest BCUT2D eigenvalue weighted by atomic mass is 28.4. The van der Waals surface area contributed by atoms with Crippen LogP contribution in [-0.2, 0) is 50.5 Å². The van der Waals surface area contributed by atoms with E-state index in [1.807, 2.05) is 12.1 Å². The third kappa shape index (κ3) is 7.67. The van der Waals surface area contributed by atoms with E-state index in [1.165, 1.54) is 5.56 Å². The van der Waals surface area contributed by atoms with Gasteiger partial charge >= 0.3 is 8.56 Å². The van der Waals surface area contributed by atoms with E-state index in [1.54, 1.807) is 0 Å². The summed E-state index contributed by atoms with van der Waals surface area (Å²) in [5.41, 5.74) is 1.29. The zero-order valence-corrected chi connectivity index (χ0v) is 33.2. The Morgan fingerprint density at radius 1 is 0.706 bits per heavy atom. The van der Waals surface area contributed by atoms with Crippen molar-refractivity contribution in [2.75, 3.05) is 13.2 Å². The van der Waals surface area contributed by atoms with Crippen molar-refractivity contribution in [1.82, 2.24) is 0 Å². The highest BCUT2D eigenvalue weighted by Gasteiger charge is 2.64. The van der Waals surface area contributed by atoms with Crippen LogP contribution in [0.4, 0.5) is 0 Å². The van der Waals surface area contributed by atoms with Gasteiger partial charge in [0.15, 0.2) is 0 Å². The predicted molar refractivity (Wildman–Crippen MR) is 199 cm³/mol. The van der Waals surface area contributed by atoms with Crippen LogP contribution >= 0.6 is 0 Å². The summed E-state index contributed by atoms with van der Waals surface area (Å²) < 4.78 is 54.9. The van der Waals surface area contributed by atoms with Crippen LogP contribution in [0.1, 0.15) is 105 Å². The van der Waals surface area contributed by atoms with E-state index >= 15 is 0 Å². The number of benzene rings is 2. The molecule has 0 N–H and O–H groups in total. The minimum absolute atomic E-state index is 0.0198. The van der Waals surface area contributed by atoms with Gasteiger partial charge in [-0.3, -0.25) is 0 Å². The Morgan fingerprint density at radius 2 is 1.29 bits per heavy atom. The third-order valence-electron chi connectivity index (χ3n) is 12.3. The predicted octanol–water partition coefficient (Wildman–Crippen LogP) is 8.44. The molecule has 5 aliphatic heterocycles. The van der Waals surface area contributed by atoms with Crippen molar-refractivity contribution >= 4 is 8.56 Å². The van der Waals surface area contributed by atoms with Crippen molar-refractivity contribution in [2.45, 2.75) is 177 Å². The molecule has 0 amide bonds. The molecular formula is C42H62O8Si. The third-order valence-corrected chi connectivity index (χ3v) is 17.4. The summed E-state index contributed by atoms with van der Waals surface area (Å²) in [6, 6.07) is 20.7.